The van der Waals surface area contributed by atoms with Gasteiger partial charge in [0.05, 0.1) is 18.6 Å². The summed E-state index contributed by atoms with van der Waals surface area (Å²) in [5.41, 5.74) is 0. The van der Waals surface area contributed by atoms with Crippen molar-refractivity contribution >= 4 is 20.3 Å². The molecular formula is C16H27NO4Si. The van der Waals surface area contributed by atoms with Gasteiger partial charge in [-0.25, -0.2) is 9.69 Å². The van der Waals surface area contributed by atoms with Gasteiger partial charge in [0.25, 0.3) is 0 Å². The monoisotopic (exact) mass is 325 g/mol. The van der Waals surface area contributed by atoms with Gasteiger partial charge >= 0.3 is 6.09 Å². The second kappa shape index (κ2) is 6.79. The Morgan fingerprint density at radius 1 is 1.36 bits per heavy atom. The van der Waals surface area contributed by atoms with Gasteiger partial charge in [0.15, 0.2) is 8.32 Å². The molecule has 124 valence electrons. The fourth-order valence-electron chi connectivity index (χ4n) is 1.93. The van der Waals surface area contributed by atoms with Gasteiger partial charge in [-0.15, -0.1) is 13.2 Å². The van der Waals surface area contributed by atoms with Crippen LogP contribution in [0.15, 0.2) is 25.3 Å². The van der Waals surface area contributed by atoms with E-state index in [9.17, 15) is 9.59 Å². The molecule has 0 aromatic heterocycles. The van der Waals surface area contributed by atoms with E-state index in [-0.39, 0.29) is 24.1 Å². The van der Waals surface area contributed by atoms with E-state index < -0.39 is 26.4 Å². The van der Waals surface area contributed by atoms with Crippen LogP contribution < -0.4 is 0 Å². The van der Waals surface area contributed by atoms with Crippen LogP contribution in [0.3, 0.4) is 0 Å². The molecule has 1 aliphatic heterocycles. The topological polar surface area (TPSA) is 55.8 Å². The number of carbonyl (C=O) groups is 2. The van der Waals surface area contributed by atoms with Crippen molar-refractivity contribution in [2.45, 2.75) is 45.0 Å². The summed E-state index contributed by atoms with van der Waals surface area (Å²) in [6, 6.07) is 0. The minimum Gasteiger partial charge on any atom is -0.447 e. The third-order valence-corrected chi connectivity index (χ3v) is 8.86. The second-order valence-electron chi connectivity index (χ2n) is 6.94. The molecule has 1 aliphatic rings. The van der Waals surface area contributed by atoms with E-state index in [2.05, 4.69) is 47.0 Å². The predicted molar refractivity (Wildman–Crippen MR) is 89.0 cm³/mol. The summed E-state index contributed by atoms with van der Waals surface area (Å²) in [5, 5.41) is 0.00953. The SMILES string of the molecule is C=C[C@H](O[Si](C)(C)C(C)(C)C)[C@@H](C=C)C(=O)N1CCOC1=O. The van der Waals surface area contributed by atoms with Gasteiger partial charge in [-0.2, -0.15) is 0 Å². The van der Waals surface area contributed by atoms with E-state index in [0.717, 1.165) is 4.90 Å². The van der Waals surface area contributed by atoms with Crippen molar-refractivity contribution in [2.75, 3.05) is 13.2 Å². The third-order valence-electron chi connectivity index (χ3n) is 4.39. The molecule has 0 radical (unpaired) electrons. The molecule has 0 aromatic carbocycles. The van der Waals surface area contributed by atoms with Crippen molar-refractivity contribution in [3.63, 3.8) is 0 Å². The number of hydrogen-bond acceptors (Lipinski definition) is 4. The summed E-state index contributed by atoms with van der Waals surface area (Å²) in [6.45, 7) is 18.6. The molecule has 1 saturated heterocycles. The van der Waals surface area contributed by atoms with E-state index in [4.69, 9.17) is 9.16 Å². The van der Waals surface area contributed by atoms with E-state index in [1.54, 1.807) is 6.08 Å². The van der Waals surface area contributed by atoms with Crippen LogP contribution in [0.25, 0.3) is 0 Å². The van der Waals surface area contributed by atoms with Crippen molar-refractivity contribution < 1.29 is 18.8 Å². The number of hydrogen-bond donors (Lipinski definition) is 0. The molecule has 0 unspecified atom stereocenters. The van der Waals surface area contributed by atoms with E-state index in [1.165, 1.54) is 6.08 Å². The maximum Gasteiger partial charge on any atom is 0.416 e. The van der Waals surface area contributed by atoms with Crippen LogP contribution in [0.1, 0.15) is 20.8 Å². The summed E-state index contributed by atoms with van der Waals surface area (Å²) in [4.78, 5) is 25.3. The predicted octanol–water partition coefficient (Wildman–Crippen LogP) is 3.34. The lowest BCUT2D eigenvalue weighted by Crippen LogP contribution is -2.48. The molecule has 0 aliphatic carbocycles. The first-order valence-electron chi connectivity index (χ1n) is 7.46. The van der Waals surface area contributed by atoms with Crippen LogP contribution in [-0.4, -0.2) is 44.5 Å². The minimum absolute atomic E-state index is 0.00953. The molecule has 0 saturated carbocycles. The molecule has 0 aromatic rings. The average molecular weight is 325 g/mol. The zero-order valence-electron chi connectivity index (χ0n) is 14.2. The fraction of sp³-hybridized carbons (Fsp3) is 0.625. The van der Waals surface area contributed by atoms with Crippen molar-refractivity contribution in [1.29, 1.82) is 0 Å². The lowest BCUT2D eigenvalue weighted by molar-refractivity contribution is -0.132. The van der Waals surface area contributed by atoms with Crippen LogP contribution in [0.5, 0.6) is 0 Å². The molecule has 2 atom stereocenters. The Labute approximate surface area is 134 Å². The van der Waals surface area contributed by atoms with Gasteiger partial charge in [0, 0.05) is 0 Å². The first-order valence-corrected chi connectivity index (χ1v) is 10.4. The zero-order chi connectivity index (χ0) is 17.1. The van der Waals surface area contributed by atoms with Gasteiger partial charge in [-0.1, -0.05) is 32.9 Å². The summed E-state index contributed by atoms with van der Waals surface area (Å²) >= 11 is 0. The van der Waals surface area contributed by atoms with Gasteiger partial charge in [0.1, 0.15) is 6.61 Å². The first kappa shape index (κ1) is 18.6. The van der Waals surface area contributed by atoms with Crippen LogP contribution in [0.4, 0.5) is 4.79 Å². The zero-order valence-corrected chi connectivity index (χ0v) is 15.2. The number of rotatable bonds is 6. The normalized spacial score (nSPS) is 18.6. The molecule has 0 bridgehead atoms. The van der Waals surface area contributed by atoms with Gasteiger partial charge in [-0.3, -0.25) is 4.79 Å². The number of ether oxygens (including phenoxy) is 1. The van der Waals surface area contributed by atoms with Crippen LogP contribution in [0, 0.1) is 5.92 Å². The van der Waals surface area contributed by atoms with E-state index in [1.807, 2.05) is 0 Å². The van der Waals surface area contributed by atoms with Crippen molar-refractivity contribution in [3.8, 4) is 0 Å². The summed E-state index contributed by atoms with van der Waals surface area (Å²) < 4.78 is 11.1. The van der Waals surface area contributed by atoms with Gasteiger partial charge in [0.2, 0.25) is 5.91 Å². The van der Waals surface area contributed by atoms with E-state index in [0.29, 0.717) is 0 Å². The largest absolute Gasteiger partial charge is 0.447 e. The lowest BCUT2D eigenvalue weighted by atomic mass is 10.0. The number of nitrogens with zero attached hydrogens (tertiary/aromatic N) is 1. The Hall–Kier alpha value is -1.40. The van der Waals surface area contributed by atoms with Gasteiger partial charge < -0.3 is 9.16 Å². The Kier molecular flexibility index (Phi) is 5.75. The first-order chi connectivity index (χ1) is 10.0. The molecule has 0 N–H and O–H groups in total. The molecule has 5 nitrogen and oxygen atoms in total. The highest BCUT2D eigenvalue weighted by Gasteiger charge is 2.42. The molecule has 0 spiro atoms. The van der Waals surface area contributed by atoms with E-state index >= 15 is 0 Å². The average Bonchev–Trinajstić information content (AvgIpc) is 2.82. The third kappa shape index (κ3) is 3.87. The highest BCUT2D eigenvalue weighted by Crippen LogP contribution is 2.38. The molecule has 22 heavy (non-hydrogen) atoms. The maximum atomic E-state index is 12.6. The van der Waals surface area contributed by atoms with Crippen molar-refractivity contribution in [1.82, 2.24) is 4.90 Å². The highest BCUT2D eigenvalue weighted by atomic mass is 28.4. The van der Waals surface area contributed by atoms with Crippen molar-refractivity contribution in [3.05, 3.63) is 25.3 Å². The lowest BCUT2D eigenvalue weighted by Gasteiger charge is -2.40. The van der Waals surface area contributed by atoms with Crippen LogP contribution >= 0.6 is 0 Å². The summed E-state index contributed by atoms with van der Waals surface area (Å²) in [5.74, 6) is -0.988. The number of cyclic esters (lactones) is 1. The van der Waals surface area contributed by atoms with Crippen molar-refractivity contribution in [2.24, 2.45) is 5.92 Å². The molecule has 1 heterocycles. The Morgan fingerprint density at radius 2 is 1.95 bits per heavy atom. The number of carbonyl (C=O) groups excluding carboxylic acids is 2. The Morgan fingerprint density at radius 3 is 2.32 bits per heavy atom. The fourth-order valence-corrected chi connectivity index (χ4v) is 3.21. The Balaban J connectivity index is 2.95. The number of amides is 2. The Bertz CT molecular complexity index is 467. The summed E-state index contributed by atoms with van der Waals surface area (Å²) in [6.07, 6.45) is 2.03. The molecule has 1 fully saturated rings. The maximum absolute atomic E-state index is 12.6. The molecule has 1 rings (SSSR count). The quantitative estimate of drug-likeness (QED) is 0.555. The smallest absolute Gasteiger partial charge is 0.416 e. The van der Waals surface area contributed by atoms with Crippen LogP contribution in [-0.2, 0) is 14.0 Å². The molecular weight excluding hydrogens is 298 g/mol. The molecule has 2 amide bonds. The number of imide groups is 1. The highest BCUT2D eigenvalue weighted by molar-refractivity contribution is 6.74. The van der Waals surface area contributed by atoms with Crippen LogP contribution in [0.2, 0.25) is 18.1 Å². The second-order valence-corrected chi connectivity index (χ2v) is 11.7. The summed E-state index contributed by atoms with van der Waals surface area (Å²) in [7, 11) is -2.08. The standard InChI is InChI=1S/C16H27NO4Si/c1-8-12(14(18)17-10-11-20-15(17)19)13(9-2)21-22(6,7)16(3,4)5/h8-9,12-13H,1-2,10-11H2,3-7H3/t12-,13+/m1/s1. The van der Waals surface area contributed by atoms with Gasteiger partial charge in [-0.05, 0) is 18.1 Å². The molecule has 6 heteroatoms. The minimum atomic E-state index is -2.08.